The van der Waals surface area contributed by atoms with Crippen LogP contribution in [0.4, 0.5) is 13.2 Å². The highest BCUT2D eigenvalue weighted by Gasteiger charge is 2.57. The highest BCUT2D eigenvalue weighted by molar-refractivity contribution is 7.98. The number of carbonyl (C=O) groups excluding carboxylic acids is 1. The summed E-state index contributed by atoms with van der Waals surface area (Å²) in [4.78, 5) is 12.1. The lowest BCUT2D eigenvalue weighted by Crippen LogP contribution is -2.28. The van der Waals surface area contributed by atoms with Crippen LogP contribution in [0.5, 0.6) is 0 Å². The number of benzene rings is 2. The average molecular weight is 324 g/mol. The van der Waals surface area contributed by atoms with Gasteiger partial charge in [-0.1, -0.05) is 30.3 Å². The van der Waals surface area contributed by atoms with Crippen molar-refractivity contribution in [3.63, 3.8) is 0 Å². The zero-order valence-electron chi connectivity index (χ0n) is 11.2. The first-order chi connectivity index (χ1) is 10.4. The van der Waals surface area contributed by atoms with Crippen molar-refractivity contribution in [2.75, 3.05) is 0 Å². The molecule has 0 spiro atoms. The van der Waals surface area contributed by atoms with Gasteiger partial charge in [0.1, 0.15) is 5.82 Å². The molecule has 2 aromatic carbocycles. The molecule has 0 heterocycles. The molecule has 0 bridgehead atoms. The van der Waals surface area contributed by atoms with Gasteiger partial charge in [0.25, 0.3) is 0 Å². The molecule has 0 unspecified atom stereocenters. The van der Waals surface area contributed by atoms with Crippen molar-refractivity contribution in [3.8, 4) is 0 Å². The molecule has 2 aromatic rings. The number of fused-ring (bicyclic) bond motifs is 1. The van der Waals surface area contributed by atoms with E-state index in [0.29, 0.717) is 5.75 Å². The Morgan fingerprint density at radius 2 is 1.82 bits per heavy atom. The molecule has 0 aromatic heterocycles. The predicted octanol–water partition coefficient (Wildman–Crippen LogP) is 3.98. The fourth-order valence-electron chi connectivity index (χ4n) is 2.40. The number of halogens is 3. The Bertz CT molecular complexity index is 732. The maximum Gasteiger partial charge on any atom is 0.339 e. The minimum absolute atomic E-state index is 0.251. The van der Waals surface area contributed by atoms with Crippen LogP contribution in [-0.2, 0) is 5.75 Å². The molecular weight excluding hydrogens is 313 g/mol. The molecule has 2 nitrogen and oxygen atoms in total. The molecule has 1 aliphatic rings. The van der Waals surface area contributed by atoms with E-state index in [0.717, 1.165) is 23.4 Å². The quantitative estimate of drug-likeness (QED) is 0.868. The summed E-state index contributed by atoms with van der Waals surface area (Å²) in [5.74, 6) is -6.04. The van der Waals surface area contributed by atoms with Gasteiger partial charge in [0.2, 0.25) is 5.78 Å². The minimum atomic E-state index is -3.98. The number of aliphatic hydroxyl groups excluding tert-OH is 1. The SMILES string of the molecule is O=C1c2c(SCc3ccccc3)ccc(F)c2[C@H](O)C1(F)F. The smallest absolute Gasteiger partial charge is 0.339 e. The van der Waals surface area contributed by atoms with Gasteiger partial charge in [-0.3, -0.25) is 4.79 Å². The van der Waals surface area contributed by atoms with Crippen molar-refractivity contribution in [2.45, 2.75) is 22.7 Å². The largest absolute Gasteiger partial charge is 0.381 e. The second-order valence-corrected chi connectivity index (χ2v) is 5.98. The third-order valence-corrected chi connectivity index (χ3v) is 4.67. The van der Waals surface area contributed by atoms with E-state index in [-0.39, 0.29) is 4.90 Å². The molecule has 0 radical (unpaired) electrons. The van der Waals surface area contributed by atoms with Gasteiger partial charge in [-0.15, -0.1) is 11.8 Å². The van der Waals surface area contributed by atoms with Gasteiger partial charge in [0.15, 0.2) is 6.10 Å². The molecule has 3 rings (SSSR count). The highest BCUT2D eigenvalue weighted by Crippen LogP contribution is 2.47. The summed E-state index contributed by atoms with van der Waals surface area (Å²) < 4.78 is 41.1. The van der Waals surface area contributed by atoms with E-state index >= 15 is 0 Å². The third-order valence-electron chi connectivity index (χ3n) is 3.54. The Kier molecular flexibility index (Phi) is 3.74. The summed E-state index contributed by atoms with van der Waals surface area (Å²) in [5.41, 5.74) is -0.0603. The minimum Gasteiger partial charge on any atom is -0.381 e. The lowest BCUT2D eigenvalue weighted by atomic mass is 10.1. The van der Waals surface area contributed by atoms with E-state index in [2.05, 4.69) is 0 Å². The van der Waals surface area contributed by atoms with Crippen LogP contribution >= 0.6 is 11.8 Å². The lowest BCUT2D eigenvalue weighted by Gasteiger charge is -2.11. The number of carbonyl (C=O) groups is 1. The first kappa shape index (κ1) is 15.1. The van der Waals surface area contributed by atoms with Crippen molar-refractivity contribution >= 4 is 17.5 Å². The zero-order valence-corrected chi connectivity index (χ0v) is 12.0. The van der Waals surface area contributed by atoms with Crippen molar-refractivity contribution < 1.29 is 23.1 Å². The van der Waals surface area contributed by atoms with Gasteiger partial charge < -0.3 is 5.11 Å². The summed E-state index contributed by atoms with van der Waals surface area (Å²) >= 11 is 1.16. The molecule has 114 valence electrons. The molecular formula is C16H11F3O2S. The first-order valence-electron chi connectivity index (χ1n) is 6.52. The number of aliphatic hydroxyl groups is 1. The van der Waals surface area contributed by atoms with E-state index in [1.165, 1.54) is 6.07 Å². The monoisotopic (exact) mass is 324 g/mol. The number of hydrogen-bond donors (Lipinski definition) is 1. The van der Waals surface area contributed by atoms with Crippen LogP contribution in [-0.4, -0.2) is 16.8 Å². The summed E-state index contributed by atoms with van der Waals surface area (Å²) in [6.07, 6.45) is -2.42. The maximum atomic E-state index is 13.7. The number of ketones is 1. The van der Waals surface area contributed by atoms with Gasteiger partial charge in [0.05, 0.1) is 0 Å². The lowest BCUT2D eigenvalue weighted by molar-refractivity contribution is -0.0717. The molecule has 1 atom stereocenters. The molecule has 0 fully saturated rings. The zero-order chi connectivity index (χ0) is 15.9. The number of thioether (sulfide) groups is 1. The summed E-state index contributed by atoms with van der Waals surface area (Å²) in [6.45, 7) is 0. The molecule has 6 heteroatoms. The van der Waals surface area contributed by atoms with Crippen LogP contribution in [0.2, 0.25) is 0 Å². The van der Waals surface area contributed by atoms with Crippen molar-refractivity contribution in [3.05, 3.63) is 65.0 Å². The Morgan fingerprint density at radius 1 is 1.14 bits per heavy atom. The van der Waals surface area contributed by atoms with Gasteiger partial charge in [-0.05, 0) is 17.7 Å². The average Bonchev–Trinajstić information content (AvgIpc) is 2.70. The van der Waals surface area contributed by atoms with Crippen LogP contribution in [0.3, 0.4) is 0 Å². The number of alkyl halides is 2. The van der Waals surface area contributed by atoms with E-state index < -0.39 is 34.8 Å². The Hall–Kier alpha value is -1.79. The molecule has 0 saturated carbocycles. The van der Waals surface area contributed by atoms with Gasteiger partial charge in [-0.25, -0.2) is 4.39 Å². The first-order valence-corrected chi connectivity index (χ1v) is 7.51. The summed E-state index contributed by atoms with van der Waals surface area (Å²) in [6, 6.07) is 11.6. The molecule has 1 N–H and O–H groups in total. The topological polar surface area (TPSA) is 37.3 Å². The van der Waals surface area contributed by atoms with Crippen LogP contribution in [0.15, 0.2) is 47.4 Å². The third kappa shape index (κ3) is 2.32. The van der Waals surface area contributed by atoms with Crippen LogP contribution < -0.4 is 0 Å². The van der Waals surface area contributed by atoms with Gasteiger partial charge >= 0.3 is 5.92 Å². The normalized spacial score (nSPS) is 19.3. The van der Waals surface area contributed by atoms with E-state index in [4.69, 9.17) is 0 Å². The number of Topliss-reactive ketones (excluding diaryl/α,β-unsaturated/α-hetero) is 1. The van der Waals surface area contributed by atoms with E-state index in [9.17, 15) is 23.1 Å². The Morgan fingerprint density at radius 3 is 2.50 bits per heavy atom. The van der Waals surface area contributed by atoms with Crippen molar-refractivity contribution in [1.29, 1.82) is 0 Å². The van der Waals surface area contributed by atoms with Crippen LogP contribution in [0, 0.1) is 5.82 Å². The van der Waals surface area contributed by atoms with Crippen LogP contribution in [0.25, 0.3) is 0 Å². The maximum absolute atomic E-state index is 13.7. The molecule has 1 aliphatic carbocycles. The van der Waals surface area contributed by atoms with Crippen LogP contribution in [0.1, 0.15) is 27.6 Å². The fourth-order valence-corrected chi connectivity index (χ4v) is 3.43. The molecule has 0 amide bonds. The Balaban J connectivity index is 1.97. The number of rotatable bonds is 3. The Labute approximate surface area is 129 Å². The van der Waals surface area contributed by atoms with Crippen molar-refractivity contribution in [2.24, 2.45) is 0 Å². The van der Waals surface area contributed by atoms with Gasteiger partial charge in [0, 0.05) is 21.8 Å². The van der Waals surface area contributed by atoms with Gasteiger partial charge in [-0.2, -0.15) is 8.78 Å². The number of hydrogen-bond acceptors (Lipinski definition) is 3. The molecule has 22 heavy (non-hydrogen) atoms. The highest BCUT2D eigenvalue weighted by atomic mass is 32.2. The molecule has 0 saturated heterocycles. The predicted molar refractivity (Wildman–Crippen MR) is 76.6 cm³/mol. The second-order valence-electron chi connectivity index (χ2n) is 4.96. The standard InChI is InChI=1S/C16H11F3O2S/c17-10-6-7-11(22-8-9-4-2-1-3-5-9)13-12(10)14(20)16(18,19)15(13)21/h1-7,14,20H,8H2/t14-/m0/s1. The fraction of sp³-hybridized carbons (Fsp3) is 0.188. The molecule has 0 aliphatic heterocycles. The summed E-state index contributed by atoms with van der Waals surface area (Å²) in [5, 5.41) is 9.55. The van der Waals surface area contributed by atoms with E-state index in [1.54, 1.807) is 0 Å². The second kappa shape index (κ2) is 5.44. The summed E-state index contributed by atoms with van der Waals surface area (Å²) in [7, 11) is 0. The van der Waals surface area contributed by atoms with E-state index in [1.807, 2.05) is 30.3 Å². The van der Waals surface area contributed by atoms with Crippen molar-refractivity contribution in [1.82, 2.24) is 0 Å².